The standard InChI is InChI=1S/C7H9N3O2S/c1-4(11)3-6(12)9-7-8-5(2)10-13-7/h3H2,1-2H3,(H,8,9,10,12). The van der Waals surface area contributed by atoms with Crippen LogP contribution < -0.4 is 5.32 Å². The molecule has 0 spiro atoms. The average Bonchev–Trinajstić information content (AvgIpc) is 2.33. The SMILES string of the molecule is CC(=O)CC(=O)Nc1nc(C)ns1. The van der Waals surface area contributed by atoms with Gasteiger partial charge in [-0.1, -0.05) is 0 Å². The second-order valence-corrected chi connectivity index (χ2v) is 3.33. The molecule has 1 heterocycles. The Hall–Kier alpha value is -1.30. The number of aryl methyl sites for hydroxylation is 1. The lowest BCUT2D eigenvalue weighted by Crippen LogP contribution is -2.14. The first-order chi connectivity index (χ1) is 6.08. The zero-order chi connectivity index (χ0) is 9.84. The minimum Gasteiger partial charge on any atom is -0.300 e. The number of aromatic nitrogens is 2. The molecule has 1 aromatic rings. The Bertz CT molecular complexity index is 334. The fourth-order valence-electron chi connectivity index (χ4n) is 0.737. The van der Waals surface area contributed by atoms with E-state index in [1.165, 1.54) is 6.92 Å². The molecule has 1 N–H and O–H groups in total. The highest BCUT2D eigenvalue weighted by molar-refractivity contribution is 7.09. The molecule has 0 bridgehead atoms. The Morgan fingerprint density at radius 3 is 2.69 bits per heavy atom. The Kier molecular flexibility index (Phi) is 3.07. The van der Waals surface area contributed by atoms with Crippen LogP contribution >= 0.6 is 11.5 Å². The van der Waals surface area contributed by atoms with Crippen LogP contribution in [0.25, 0.3) is 0 Å². The van der Waals surface area contributed by atoms with Gasteiger partial charge in [0.15, 0.2) is 0 Å². The zero-order valence-electron chi connectivity index (χ0n) is 7.33. The topological polar surface area (TPSA) is 72.0 Å². The third-order valence-electron chi connectivity index (χ3n) is 1.18. The summed E-state index contributed by atoms with van der Waals surface area (Å²) < 4.78 is 3.88. The maximum atomic E-state index is 11.0. The van der Waals surface area contributed by atoms with E-state index < -0.39 is 0 Å². The van der Waals surface area contributed by atoms with E-state index in [1.807, 2.05) is 0 Å². The molecule has 0 fully saturated rings. The van der Waals surface area contributed by atoms with Crippen LogP contribution in [0.2, 0.25) is 0 Å². The second-order valence-electron chi connectivity index (χ2n) is 2.57. The zero-order valence-corrected chi connectivity index (χ0v) is 8.14. The molecule has 0 aromatic carbocycles. The summed E-state index contributed by atoms with van der Waals surface area (Å²) in [5, 5.41) is 2.91. The fourth-order valence-corrected chi connectivity index (χ4v) is 1.33. The van der Waals surface area contributed by atoms with Gasteiger partial charge >= 0.3 is 0 Å². The molecule has 0 saturated heterocycles. The van der Waals surface area contributed by atoms with Gasteiger partial charge in [0.1, 0.15) is 11.6 Å². The number of carbonyl (C=O) groups excluding carboxylic acids is 2. The van der Waals surface area contributed by atoms with Crippen LogP contribution in [0.1, 0.15) is 19.2 Å². The number of nitrogens with one attached hydrogen (secondary N) is 1. The van der Waals surface area contributed by atoms with Gasteiger partial charge in [-0.05, 0) is 13.8 Å². The van der Waals surface area contributed by atoms with E-state index in [1.54, 1.807) is 6.92 Å². The van der Waals surface area contributed by atoms with E-state index in [9.17, 15) is 9.59 Å². The summed E-state index contributed by atoms with van der Waals surface area (Å²) in [6.07, 6.45) is -0.112. The van der Waals surface area contributed by atoms with E-state index in [-0.39, 0.29) is 18.1 Å². The van der Waals surface area contributed by atoms with Crippen LogP contribution in [0.4, 0.5) is 5.13 Å². The van der Waals surface area contributed by atoms with Crippen molar-refractivity contribution in [2.45, 2.75) is 20.3 Å². The first-order valence-corrected chi connectivity index (χ1v) is 4.45. The molecule has 0 aliphatic carbocycles. The van der Waals surface area contributed by atoms with Crippen LogP contribution in [0.15, 0.2) is 0 Å². The number of nitrogens with zero attached hydrogens (tertiary/aromatic N) is 2. The lowest BCUT2D eigenvalue weighted by molar-refractivity contribution is -0.124. The molecule has 0 saturated carbocycles. The molecule has 0 radical (unpaired) electrons. The minimum absolute atomic E-state index is 0.112. The van der Waals surface area contributed by atoms with Gasteiger partial charge in [0.05, 0.1) is 6.42 Å². The normalized spacial score (nSPS) is 9.69. The molecule has 1 aromatic heterocycles. The Morgan fingerprint density at radius 1 is 1.54 bits per heavy atom. The Morgan fingerprint density at radius 2 is 2.23 bits per heavy atom. The van der Waals surface area contributed by atoms with Gasteiger partial charge in [-0.15, -0.1) is 0 Å². The predicted molar refractivity (Wildman–Crippen MR) is 48.6 cm³/mol. The van der Waals surface area contributed by atoms with Crippen molar-refractivity contribution in [1.82, 2.24) is 9.36 Å². The molecule has 0 atom stereocenters. The van der Waals surface area contributed by atoms with E-state index in [2.05, 4.69) is 14.7 Å². The maximum absolute atomic E-state index is 11.0. The molecule has 6 heteroatoms. The molecule has 70 valence electrons. The number of rotatable bonds is 3. The molecule has 0 unspecified atom stereocenters. The van der Waals surface area contributed by atoms with Crippen molar-refractivity contribution in [1.29, 1.82) is 0 Å². The first-order valence-electron chi connectivity index (χ1n) is 3.67. The number of carbonyl (C=O) groups is 2. The van der Waals surface area contributed by atoms with E-state index >= 15 is 0 Å². The van der Waals surface area contributed by atoms with Crippen molar-refractivity contribution in [2.24, 2.45) is 0 Å². The second kappa shape index (κ2) is 4.08. The highest BCUT2D eigenvalue weighted by atomic mass is 32.1. The summed E-state index contributed by atoms with van der Waals surface area (Å²) in [7, 11) is 0. The van der Waals surface area contributed by atoms with Crippen molar-refractivity contribution in [3.63, 3.8) is 0 Å². The van der Waals surface area contributed by atoms with Crippen molar-refractivity contribution in [3.05, 3.63) is 5.82 Å². The predicted octanol–water partition coefficient (Wildman–Crippen LogP) is 0.764. The number of hydrogen-bond acceptors (Lipinski definition) is 5. The molecule has 1 amide bonds. The van der Waals surface area contributed by atoms with Gasteiger partial charge in [-0.3, -0.25) is 9.59 Å². The van der Waals surface area contributed by atoms with Crippen molar-refractivity contribution >= 4 is 28.4 Å². The first kappa shape index (κ1) is 9.79. The Balaban J connectivity index is 2.50. The van der Waals surface area contributed by atoms with Gasteiger partial charge in [-0.25, -0.2) is 4.98 Å². The third kappa shape index (κ3) is 3.29. The Labute approximate surface area is 79.3 Å². The smallest absolute Gasteiger partial charge is 0.233 e. The van der Waals surface area contributed by atoms with Gasteiger partial charge < -0.3 is 5.32 Å². The molecular weight excluding hydrogens is 190 g/mol. The monoisotopic (exact) mass is 199 g/mol. The van der Waals surface area contributed by atoms with Gasteiger partial charge in [0.2, 0.25) is 11.0 Å². The molecule has 1 rings (SSSR count). The van der Waals surface area contributed by atoms with Crippen LogP contribution in [0.3, 0.4) is 0 Å². The summed E-state index contributed by atoms with van der Waals surface area (Å²) >= 11 is 1.10. The van der Waals surface area contributed by atoms with Crippen LogP contribution in [0, 0.1) is 6.92 Å². The van der Waals surface area contributed by atoms with Gasteiger partial charge in [0, 0.05) is 11.5 Å². The molecule has 13 heavy (non-hydrogen) atoms. The van der Waals surface area contributed by atoms with Crippen LogP contribution in [-0.4, -0.2) is 21.0 Å². The largest absolute Gasteiger partial charge is 0.300 e. The van der Waals surface area contributed by atoms with E-state index in [0.29, 0.717) is 11.0 Å². The van der Waals surface area contributed by atoms with Crippen molar-refractivity contribution in [2.75, 3.05) is 5.32 Å². The van der Waals surface area contributed by atoms with Gasteiger partial charge in [-0.2, -0.15) is 4.37 Å². The summed E-state index contributed by atoms with van der Waals surface area (Å²) in [6.45, 7) is 3.10. The molecule has 5 nitrogen and oxygen atoms in total. The fraction of sp³-hybridized carbons (Fsp3) is 0.429. The maximum Gasteiger partial charge on any atom is 0.233 e. The molecule has 0 aliphatic heterocycles. The number of hydrogen-bond donors (Lipinski definition) is 1. The van der Waals surface area contributed by atoms with Crippen LogP contribution in [0.5, 0.6) is 0 Å². The molecule has 0 aliphatic rings. The lowest BCUT2D eigenvalue weighted by atomic mass is 10.3. The number of anilines is 1. The van der Waals surface area contributed by atoms with E-state index in [4.69, 9.17) is 0 Å². The highest BCUT2D eigenvalue weighted by Gasteiger charge is 2.07. The summed E-state index contributed by atoms with van der Waals surface area (Å²) in [4.78, 5) is 25.5. The average molecular weight is 199 g/mol. The summed E-state index contributed by atoms with van der Waals surface area (Å²) in [6, 6.07) is 0. The summed E-state index contributed by atoms with van der Waals surface area (Å²) in [5.41, 5.74) is 0. The molecular formula is C7H9N3O2S. The summed E-state index contributed by atoms with van der Waals surface area (Å²) in [5.74, 6) is 0.102. The van der Waals surface area contributed by atoms with Crippen LogP contribution in [-0.2, 0) is 9.59 Å². The number of amides is 1. The van der Waals surface area contributed by atoms with Gasteiger partial charge in [0.25, 0.3) is 0 Å². The quantitative estimate of drug-likeness (QED) is 0.729. The lowest BCUT2D eigenvalue weighted by Gasteiger charge is -1.96. The van der Waals surface area contributed by atoms with Crippen molar-refractivity contribution in [3.8, 4) is 0 Å². The number of Topliss-reactive ketones (excluding diaryl/α,β-unsaturated/α-hetero) is 1. The minimum atomic E-state index is -0.344. The van der Waals surface area contributed by atoms with Crippen molar-refractivity contribution < 1.29 is 9.59 Å². The van der Waals surface area contributed by atoms with E-state index in [0.717, 1.165) is 11.5 Å². The third-order valence-corrected chi connectivity index (χ3v) is 1.91. The highest BCUT2D eigenvalue weighted by Crippen LogP contribution is 2.09. The number of ketones is 1.